The quantitative estimate of drug-likeness (QED) is 0.628. The summed E-state index contributed by atoms with van der Waals surface area (Å²) in [6, 6.07) is 0. The summed E-state index contributed by atoms with van der Waals surface area (Å²) in [5, 5.41) is 7.42. The Morgan fingerprint density at radius 3 is 2.17 bits per heavy atom. The van der Waals surface area contributed by atoms with E-state index in [2.05, 4.69) is 11.8 Å². The molecule has 4 nitrogen and oxygen atoms in total. The number of morpholine rings is 1. The lowest BCUT2D eigenvalue weighted by Gasteiger charge is -2.24. The van der Waals surface area contributed by atoms with E-state index in [1.54, 1.807) is 0 Å². The summed E-state index contributed by atoms with van der Waals surface area (Å²) in [5.41, 5.74) is 0. The average Bonchev–Trinajstić information content (AvgIpc) is 2.05. The van der Waals surface area contributed by atoms with Crippen molar-refractivity contribution in [3.8, 4) is 0 Å². The Morgan fingerprint density at radius 1 is 1.50 bits per heavy atom. The van der Waals surface area contributed by atoms with Crippen molar-refractivity contribution in [2.75, 3.05) is 32.8 Å². The van der Waals surface area contributed by atoms with E-state index in [9.17, 15) is 0 Å². The lowest BCUT2D eigenvalue weighted by molar-refractivity contribution is -0.134. The van der Waals surface area contributed by atoms with Gasteiger partial charge in [-0.1, -0.05) is 6.92 Å². The van der Waals surface area contributed by atoms with Crippen LogP contribution in [0.2, 0.25) is 0 Å². The summed E-state index contributed by atoms with van der Waals surface area (Å²) in [6.07, 6.45) is 0. The Morgan fingerprint density at radius 2 is 1.92 bits per heavy atom. The highest BCUT2D eigenvalue weighted by Crippen LogP contribution is 1.93. The van der Waals surface area contributed by atoms with Gasteiger partial charge in [0.1, 0.15) is 0 Å². The molecular weight excluding hydrogens is 158 g/mol. The lowest BCUT2D eigenvalue weighted by atomic mass is 10.4. The van der Waals surface area contributed by atoms with Gasteiger partial charge in [0.25, 0.3) is 5.97 Å². The maximum atomic E-state index is 9.00. The van der Waals surface area contributed by atoms with Crippen LogP contribution in [0.15, 0.2) is 0 Å². The van der Waals surface area contributed by atoms with Gasteiger partial charge in [-0.2, -0.15) is 0 Å². The fourth-order valence-corrected chi connectivity index (χ4v) is 0.917. The van der Waals surface area contributed by atoms with Gasteiger partial charge >= 0.3 is 0 Å². The van der Waals surface area contributed by atoms with E-state index < -0.39 is 5.97 Å². The van der Waals surface area contributed by atoms with Crippen LogP contribution in [0.4, 0.5) is 0 Å². The van der Waals surface area contributed by atoms with E-state index in [0.717, 1.165) is 33.2 Å². The molecule has 0 atom stereocenters. The number of carbonyl (C=O) groups is 1. The lowest BCUT2D eigenvalue weighted by Crippen LogP contribution is -2.35. The average molecular weight is 175 g/mol. The number of aliphatic carboxylic acids is 1. The van der Waals surface area contributed by atoms with E-state index in [0.29, 0.717) is 0 Å². The van der Waals surface area contributed by atoms with Crippen molar-refractivity contribution in [3.63, 3.8) is 0 Å². The highest BCUT2D eigenvalue weighted by atomic mass is 16.5. The molecule has 0 aliphatic carbocycles. The minimum absolute atomic E-state index is 0.833. The molecule has 0 spiro atoms. The Labute approximate surface area is 73.1 Å². The zero-order valence-corrected chi connectivity index (χ0v) is 7.75. The van der Waals surface area contributed by atoms with Gasteiger partial charge in [0.05, 0.1) is 13.2 Å². The van der Waals surface area contributed by atoms with E-state index >= 15 is 0 Å². The smallest absolute Gasteiger partial charge is 0.300 e. The van der Waals surface area contributed by atoms with Crippen molar-refractivity contribution in [1.29, 1.82) is 0 Å². The van der Waals surface area contributed by atoms with Crippen LogP contribution in [-0.4, -0.2) is 48.8 Å². The highest BCUT2D eigenvalue weighted by molar-refractivity contribution is 5.62. The Kier molecular flexibility index (Phi) is 6.70. The summed E-state index contributed by atoms with van der Waals surface area (Å²) >= 11 is 0. The molecular formula is C8H17NO3. The second-order valence-electron chi connectivity index (χ2n) is 2.57. The molecule has 0 aromatic heterocycles. The first-order valence-corrected chi connectivity index (χ1v) is 4.16. The van der Waals surface area contributed by atoms with Gasteiger partial charge < -0.3 is 9.84 Å². The van der Waals surface area contributed by atoms with Crippen LogP contribution in [0.1, 0.15) is 13.8 Å². The molecule has 1 heterocycles. The van der Waals surface area contributed by atoms with Crippen LogP contribution in [0.25, 0.3) is 0 Å². The van der Waals surface area contributed by atoms with Crippen molar-refractivity contribution in [1.82, 2.24) is 4.90 Å². The Balaban J connectivity index is 0.000000261. The van der Waals surface area contributed by atoms with Crippen molar-refractivity contribution >= 4 is 5.97 Å². The Hall–Kier alpha value is -0.610. The third-order valence-corrected chi connectivity index (χ3v) is 1.55. The fraction of sp³-hybridized carbons (Fsp3) is 0.875. The summed E-state index contributed by atoms with van der Waals surface area (Å²) in [6.45, 7) is 8.53. The third kappa shape index (κ3) is 7.50. The van der Waals surface area contributed by atoms with Gasteiger partial charge in [-0.25, -0.2) is 0 Å². The molecule has 1 N–H and O–H groups in total. The second kappa shape index (κ2) is 7.06. The molecule has 1 aliphatic heterocycles. The molecule has 72 valence electrons. The largest absolute Gasteiger partial charge is 0.481 e. The normalized spacial score (nSPS) is 17.8. The van der Waals surface area contributed by atoms with Crippen LogP contribution in [0, 0.1) is 0 Å². The third-order valence-electron chi connectivity index (χ3n) is 1.55. The van der Waals surface area contributed by atoms with E-state index in [-0.39, 0.29) is 0 Å². The molecule has 0 aromatic rings. The first-order valence-electron chi connectivity index (χ1n) is 4.16. The van der Waals surface area contributed by atoms with E-state index in [1.165, 1.54) is 6.54 Å². The summed E-state index contributed by atoms with van der Waals surface area (Å²) < 4.78 is 5.16. The van der Waals surface area contributed by atoms with Gasteiger partial charge in [0.15, 0.2) is 0 Å². The number of hydrogen-bond acceptors (Lipinski definition) is 3. The van der Waals surface area contributed by atoms with E-state index in [1.807, 2.05) is 0 Å². The van der Waals surface area contributed by atoms with Crippen LogP contribution in [0.3, 0.4) is 0 Å². The minimum Gasteiger partial charge on any atom is -0.481 e. The molecule has 0 bridgehead atoms. The first kappa shape index (κ1) is 11.4. The summed E-state index contributed by atoms with van der Waals surface area (Å²) in [4.78, 5) is 11.4. The number of ether oxygens (including phenoxy) is 1. The minimum atomic E-state index is -0.833. The van der Waals surface area contributed by atoms with Gasteiger partial charge in [0, 0.05) is 20.0 Å². The number of likely N-dealkylation sites (N-methyl/N-ethyl adjacent to an activating group) is 1. The second-order valence-corrected chi connectivity index (χ2v) is 2.57. The van der Waals surface area contributed by atoms with Crippen molar-refractivity contribution in [2.45, 2.75) is 13.8 Å². The molecule has 4 heteroatoms. The number of hydrogen-bond donors (Lipinski definition) is 1. The summed E-state index contributed by atoms with van der Waals surface area (Å²) in [7, 11) is 0. The zero-order chi connectivity index (χ0) is 9.40. The topological polar surface area (TPSA) is 49.8 Å². The number of carboxylic acid groups (broad SMARTS) is 1. The first-order chi connectivity index (χ1) is 5.66. The monoisotopic (exact) mass is 175 g/mol. The van der Waals surface area contributed by atoms with Crippen LogP contribution in [0.5, 0.6) is 0 Å². The molecule has 1 saturated heterocycles. The fourth-order valence-electron chi connectivity index (χ4n) is 0.917. The van der Waals surface area contributed by atoms with Gasteiger partial charge in [-0.3, -0.25) is 9.69 Å². The van der Waals surface area contributed by atoms with Crippen molar-refractivity contribution in [2.24, 2.45) is 0 Å². The predicted molar refractivity (Wildman–Crippen MR) is 46.2 cm³/mol. The Bertz CT molecular complexity index is 117. The van der Waals surface area contributed by atoms with E-state index in [4.69, 9.17) is 14.6 Å². The number of nitrogens with zero attached hydrogens (tertiary/aromatic N) is 1. The summed E-state index contributed by atoms with van der Waals surface area (Å²) in [5.74, 6) is -0.833. The van der Waals surface area contributed by atoms with Crippen LogP contribution >= 0.6 is 0 Å². The molecule has 1 rings (SSSR count). The molecule has 1 aliphatic rings. The van der Waals surface area contributed by atoms with Crippen molar-refractivity contribution < 1.29 is 14.6 Å². The molecule has 12 heavy (non-hydrogen) atoms. The molecule has 1 fully saturated rings. The van der Waals surface area contributed by atoms with Gasteiger partial charge in [0.2, 0.25) is 0 Å². The SMILES string of the molecule is CC(=O)O.CCN1CCOCC1. The van der Waals surface area contributed by atoms with Gasteiger partial charge in [-0.15, -0.1) is 0 Å². The maximum Gasteiger partial charge on any atom is 0.300 e. The molecule has 0 radical (unpaired) electrons. The molecule has 0 unspecified atom stereocenters. The highest BCUT2D eigenvalue weighted by Gasteiger charge is 2.05. The predicted octanol–water partition coefficient (Wildman–Crippen LogP) is 0.429. The van der Waals surface area contributed by atoms with Crippen LogP contribution in [-0.2, 0) is 9.53 Å². The molecule has 0 aromatic carbocycles. The number of rotatable bonds is 1. The van der Waals surface area contributed by atoms with Gasteiger partial charge in [-0.05, 0) is 6.54 Å². The van der Waals surface area contributed by atoms with Crippen molar-refractivity contribution in [3.05, 3.63) is 0 Å². The van der Waals surface area contributed by atoms with Crippen LogP contribution < -0.4 is 0 Å². The number of carboxylic acids is 1. The molecule has 0 amide bonds. The standard InChI is InChI=1S/C6H13NO.C2H4O2/c1-2-7-3-5-8-6-4-7;1-2(3)4/h2-6H2,1H3;1H3,(H,3,4). The maximum absolute atomic E-state index is 9.00. The molecule has 0 saturated carbocycles. The zero-order valence-electron chi connectivity index (χ0n) is 7.75.